The van der Waals surface area contributed by atoms with Gasteiger partial charge in [-0.15, -0.1) is 0 Å². The molecule has 0 saturated heterocycles. The van der Waals surface area contributed by atoms with E-state index in [-0.39, 0.29) is 63.5 Å². The summed E-state index contributed by atoms with van der Waals surface area (Å²) in [6.07, 6.45) is 69.6. The second-order valence-corrected chi connectivity index (χ2v) is 26.2. The van der Waals surface area contributed by atoms with Gasteiger partial charge in [0, 0.05) is 39.5 Å². The van der Waals surface area contributed by atoms with Gasteiger partial charge in [-0.25, -0.2) is 0 Å². The van der Waals surface area contributed by atoms with E-state index >= 15 is 0 Å². The third-order valence-corrected chi connectivity index (χ3v) is 16.5. The minimum absolute atomic E-state index is 0.0849. The number of aliphatic hydroxyl groups excluding tert-OH is 3. The molecule has 15 nitrogen and oxygen atoms in total. The van der Waals surface area contributed by atoms with Gasteiger partial charge >= 0.3 is 35.8 Å². The van der Waals surface area contributed by atoms with E-state index in [0.717, 1.165) is 89.9 Å². The van der Waals surface area contributed by atoms with Crippen molar-refractivity contribution in [2.45, 2.75) is 407 Å². The summed E-state index contributed by atoms with van der Waals surface area (Å²) in [5, 5.41) is 27.1. The first-order valence-electron chi connectivity index (χ1n) is 39.0. The Morgan fingerprint density at radius 1 is 0.287 bits per heavy atom. The van der Waals surface area contributed by atoms with Gasteiger partial charge in [-0.2, -0.15) is 0 Å². The van der Waals surface area contributed by atoms with Gasteiger partial charge in [0.05, 0.1) is 6.61 Å². The Hall–Kier alpha value is -3.82. The van der Waals surface area contributed by atoms with E-state index in [0.29, 0.717) is 25.7 Å². The van der Waals surface area contributed by atoms with Crippen LogP contribution in [0, 0.1) is 0 Å². The van der Waals surface area contributed by atoms with Crippen molar-refractivity contribution in [3.8, 4) is 0 Å². The molecule has 15 heteroatoms. The number of allylic oxidation sites excluding steroid dienone is 4. The molecule has 3 unspecified atom stereocenters. The lowest BCUT2D eigenvalue weighted by Crippen LogP contribution is -2.30. The lowest BCUT2D eigenvalue weighted by Gasteiger charge is -2.17. The summed E-state index contributed by atoms with van der Waals surface area (Å²) >= 11 is 0. The summed E-state index contributed by atoms with van der Waals surface area (Å²) < 4.78 is 30.3. The normalized spacial score (nSPS) is 12.1. The van der Waals surface area contributed by atoms with Crippen molar-refractivity contribution >= 4 is 35.8 Å². The minimum atomic E-state index is -0.953. The van der Waals surface area contributed by atoms with E-state index in [2.05, 4.69) is 56.7 Å². The Kier molecular flexibility index (Phi) is 80.2. The topological polar surface area (TPSA) is 218 Å². The molecule has 0 amide bonds. The van der Waals surface area contributed by atoms with Crippen LogP contribution < -0.4 is 0 Å². The molecule has 94 heavy (non-hydrogen) atoms. The van der Waals surface area contributed by atoms with Crippen LogP contribution in [0.4, 0.5) is 0 Å². The highest BCUT2D eigenvalue weighted by molar-refractivity contribution is 5.71. The average molecular weight is 1340 g/mol. The molecule has 0 aromatic heterocycles. The molecule has 0 aliphatic heterocycles. The van der Waals surface area contributed by atoms with Crippen molar-refractivity contribution in [2.24, 2.45) is 0 Å². The largest absolute Gasteiger partial charge is 0.463 e. The molecule has 0 radical (unpaired) electrons. The molecular weight excluding hydrogens is 1190 g/mol. The van der Waals surface area contributed by atoms with E-state index < -0.39 is 30.3 Å². The quantitative estimate of drug-likeness (QED) is 0.0223. The molecule has 0 bridgehead atoms. The Labute approximate surface area is 576 Å². The molecule has 3 N–H and O–H groups in total. The van der Waals surface area contributed by atoms with Crippen LogP contribution >= 0.6 is 0 Å². The third-order valence-electron chi connectivity index (χ3n) is 16.5. The van der Waals surface area contributed by atoms with Crippen molar-refractivity contribution in [3.05, 3.63) is 24.3 Å². The zero-order chi connectivity index (χ0) is 69.7. The average Bonchev–Trinajstić information content (AvgIpc) is 3.72. The number of hydrogen-bond acceptors (Lipinski definition) is 15. The molecule has 0 saturated carbocycles. The highest BCUT2D eigenvalue weighted by Crippen LogP contribution is 2.18. The van der Waals surface area contributed by atoms with E-state index in [1.807, 2.05) is 0 Å². The maximum atomic E-state index is 12.4. The lowest BCUT2D eigenvalue weighted by atomic mass is 10.0. The summed E-state index contributed by atoms with van der Waals surface area (Å²) in [7, 11) is 0. The van der Waals surface area contributed by atoms with Gasteiger partial charge in [0.25, 0.3) is 0 Å². The van der Waals surface area contributed by atoms with Crippen molar-refractivity contribution in [1.29, 1.82) is 0 Å². The first kappa shape index (κ1) is 94.4. The van der Waals surface area contributed by atoms with Gasteiger partial charge in [-0.3, -0.25) is 28.8 Å². The number of rotatable bonds is 68. The molecule has 3 atom stereocenters. The maximum absolute atomic E-state index is 12.4. The van der Waals surface area contributed by atoms with E-state index in [4.69, 9.17) is 33.9 Å². The summed E-state index contributed by atoms with van der Waals surface area (Å²) in [6.45, 7) is 10.7. The zero-order valence-electron chi connectivity index (χ0n) is 61.7. The summed E-state index contributed by atoms with van der Waals surface area (Å²) in [4.78, 5) is 69.4. The second-order valence-electron chi connectivity index (χ2n) is 26.2. The second kappa shape index (κ2) is 79.9. The van der Waals surface area contributed by atoms with Gasteiger partial charge in [0.1, 0.15) is 45.2 Å². The number of unbranched alkanes of at least 4 members (excludes halogenated alkanes) is 44. The van der Waals surface area contributed by atoms with Gasteiger partial charge < -0.3 is 43.7 Å². The monoisotopic (exact) mass is 1340 g/mol. The number of carbonyl (C=O) groups excluding carboxylic acids is 6. The van der Waals surface area contributed by atoms with Crippen LogP contribution in [0.2, 0.25) is 0 Å². The highest BCUT2D eigenvalue weighted by atomic mass is 16.6. The Morgan fingerprint density at radius 2 is 0.521 bits per heavy atom. The van der Waals surface area contributed by atoms with Crippen LogP contribution in [-0.2, 0) is 57.2 Å². The first-order chi connectivity index (χ1) is 45.7. The molecule has 554 valence electrons. The van der Waals surface area contributed by atoms with E-state index in [1.165, 1.54) is 245 Å². The molecule has 0 spiro atoms. The maximum Gasteiger partial charge on any atom is 0.306 e. The van der Waals surface area contributed by atoms with Gasteiger partial charge in [0.2, 0.25) is 0 Å². The molecule has 0 aliphatic carbocycles. The molecule has 0 aromatic carbocycles. The predicted molar refractivity (Wildman–Crippen MR) is 385 cm³/mol. The third kappa shape index (κ3) is 84.3. The van der Waals surface area contributed by atoms with Crippen LogP contribution in [-0.4, -0.2) is 109 Å². The van der Waals surface area contributed by atoms with Crippen LogP contribution in [0.5, 0.6) is 0 Å². The fourth-order valence-corrected chi connectivity index (χ4v) is 10.6. The molecular formula is C79H148O15. The fourth-order valence-electron chi connectivity index (χ4n) is 10.6. The smallest absolute Gasteiger partial charge is 0.306 e. The van der Waals surface area contributed by atoms with Crippen LogP contribution in [0.1, 0.15) is 388 Å². The minimum Gasteiger partial charge on any atom is -0.463 e. The number of esters is 6. The summed E-state index contributed by atoms with van der Waals surface area (Å²) in [5.74, 6) is -2.12. The van der Waals surface area contributed by atoms with Crippen LogP contribution in [0.3, 0.4) is 0 Å². The Morgan fingerprint density at radius 3 is 0.840 bits per heavy atom. The van der Waals surface area contributed by atoms with Crippen molar-refractivity contribution in [2.75, 3.05) is 39.6 Å². The van der Waals surface area contributed by atoms with Gasteiger partial charge in [-0.05, 0) is 57.8 Å². The number of ether oxygens (including phenoxy) is 6. The van der Waals surface area contributed by atoms with Crippen molar-refractivity contribution in [3.63, 3.8) is 0 Å². The van der Waals surface area contributed by atoms with Crippen molar-refractivity contribution in [1.82, 2.24) is 0 Å². The van der Waals surface area contributed by atoms with Crippen molar-refractivity contribution < 1.29 is 72.5 Å². The predicted octanol–water partition coefficient (Wildman–Crippen LogP) is 20.6. The van der Waals surface area contributed by atoms with E-state index in [9.17, 15) is 33.9 Å². The Bertz CT molecular complexity index is 1700. The Balaban J connectivity index is -0.00000143. The molecule has 0 aliphatic rings. The number of carbonyl (C=O) groups is 6. The summed E-state index contributed by atoms with van der Waals surface area (Å²) in [6, 6.07) is 0. The molecule has 0 aromatic rings. The van der Waals surface area contributed by atoms with Gasteiger partial charge in [-0.1, -0.05) is 315 Å². The van der Waals surface area contributed by atoms with Crippen LogP contribution in [0.25, 0.3) is 0 Å². The molecule has 0 rings (SSSR count). The fraction of sp³-hybridized carbons (Fsp3) is 0.873. The number of hydrogen-bond donors (Lipinski definition) is 3. The molecule has 0 fully saturated rings. The first-order valence-corrected chi connectivity index (χ1v) is 39.0. The standard InChI is InChI=1S/C39H70O6.C21H40O5.C19H38O4/c1-4-6-8-10-12-14-16-18-19-21-23-25-27-29-31-33-39(42)45-37(34-43-36(3)40)35-44-38(41)32-30-28-26-24-22-20-17-15-13-11-9-7-5-2;1-3-4-5-6-7-8-9-10-11-12-13-14-15-16-21(24)26-18-20(23)17-25-19(2)22;1-2-3-4-5-6-7-8-9-10-11-12-13-14-15-19(22)23-17-18(21)16-20/h12,14,18-19,37H,4-11,13,15-17,20-35H2,1-3H3;20,23H,3-18H2,1-2H3;18,20-21H,2-17H2,1H3/b14-12-,19-18-;;. The van der Waals surface area contributed by atoms with Crippen LogP contribution in [0.15, 0.2) is 24.3 Å². The SMILES string of the molecule is CCCCC/C=C\C/C=C\CCCCCCCC(=O)OC(COC(C)=O)COC(=O)CCCCCCCCCCCCCCC.CCCCCCCCCCCCCCCC(=O)OCC(O)CO.CCCCCCCCCCCCCCCC(=O)OCC(O)COC(C)=O. The summed E-state index contributed by atoms with van der Waals surface area (Å²) in [5.41, 5.74) is 0. The van der Waals surface area contributed by atoms with E-state index in [1.54, 1.807) is 0 Å². The molecule has 0 heterocycles. The van der Waals surface area contributed by atoms with Gasteiger partial charge in [0.15, 0.2) is 6.10 Å². The lowest BCUT2D eigenvalue weighted by molar-refractivity contribution is -0.166. The highest BCUT2D eigenvalue weighted by Gasteiger charge is 2.19. The number of aliphatic hydroxyl groups is 3. The zero-order valence-corrected chi connectivity index (χ0v) is 61.7.